The number of ether oxygens (including phenoxy) is 1. The number of hydrogen-bond acceptors (Lipinski definition) is 4. The van der Waals surface area contributed by atoms with Gasteiger partial charge in [-0.2, -0.15) is 0 Å². The van der Waals surface area contributed by atoms with E-state index in [9.17, 15) is 9.59 Å². The van der Waals surface area contributed by atoms with Crippen molar-refractivity contribution in [2.75, 3.05) is 19.7 Å². The quantitative estimate of drug-likeness (QED) is 0.813. The minimum atomic E-state index is -0.500. The minimum Gasteiger partial charge on any atom is -0.452 e. The van der Waals surface area contributed by atoms with Crippen LogP contribution in [0.5, 0.6) is 0 Å². The molecule has 0 N–H and O–H groups in total. The number of hydrogen-bond donors (Lipinski definition) is 0. The van der Waals surface area contributed by atoms with E-state index in [0.717, 1.165) is 44.2 Å². The van der Waals surface area contributed by atoms with Gasteiger partial charge in [-0.1, -0.05) is 37.5 Å². The van der Waals surface area contributed by atoms with Gasteiger partial charge in [-0.15, -0.1) is 0 Å². The van der Waals surface area contributed by atoms with E-state index in [-0.39, 0.29) is 12.5 Å². The van der Waals surface area contributed by atoms with Crippen LogP contribution < -0.4 is 0 Å². The molecule has 0 bridgehead atoms. The van der Waals surface area contributed by atoms with Crippen molar-refractivity contribution in [2.24, 2.45) is 0 Å². The predicted octanol–water partition coefficient (Wildman–Crippen LogP) is 3.18. The molecule has 0 unspecified atom stereocenters. The van der Waals surface area contributed by atoms with Gasteiger partial charge in [0.1, 0.15) is 0 Å². The number of pyridine rings is 1. The molecular formula is C19H22N2O3. The third-order valence-electron chi connectivity index (χ3n) is 4.39. The molecule has 0 spiro atoms. The fourth-order valence-corrected chi connectivity index (χ4v) is 3.06. The Kier molecular flexibility index (Phi) is 5.41. The summed E-state index contributed by atoms with van der Waals surface area (Å²) in [5.41, 5.74) is 0.997. The van der Waals surface area contributed by atoms with Crippen LogP contribution in [0.15, 0.2) is 36.5 Å². The van der Waals surface area contributed by atoms with Gasteiger partial charge in [0.2, 0.25) is 0 Å². The zero-order valence-corrected chi connectivity index (χ0v) is 13.7. The minimum absolute atomic E-state index is 0.113. The Hall–Kier alpha value is -2.43. The number of carbonyl (C=O) groups excluding carboxylic acids is 2. The van der Waals surface area contributed by atoms with E-state index in [0.29, 0.717) is 11.1 Å². The van der Waals surface area contributed by atoms with E-state index in [2.05, 4.69) is 4.98 Å². The van der Waals surface area contributed by atoms with Gasteiger partial charge in [0.15, 0.2) is 6.61 Å². The largest absolute Gasteiger partial charge is 0.452 e. The van der Waals surface area contributed by atoms with Crippen LogP contribution in [-0.2, 0) is 9.53 Å². The summed E-state index contributed by atoms with van der Waals surface area (Å²) in [6, 6.07) is 9.08. The van der Waals surface area contributed by atoms with Crippen molar-refractivity contribution in [1.82, 2.24) is 9.88 Å². The maximum atomic E-state index is 12.3. The van der Waals surface area contributed by atoms with Gasteiger partial charge in [-0.05, 0) is 25.0 Å². The zero-order valence-electron chi connectivity index (χ0n) is 13.7. The van der Waals surface area contributed by atoms with Gasteiger partial charge in [-0.25, -0.2) is 4.79 Å². The Morgan fingerprint density at radius 1 is 1.00 bits per heavy atom. The highest BCUT2D eigenvalue weighted by atomic mass is 16.5. The highest BCUT2D eigenvalue weighted by Gasteiger charge is 2.18. The number of esters is 1. The van der Waals surface area contributed by atoms with Crippen molar-refractivity contribution in [3.63, 3.8) is 0 Å². The summed E-state index contributed by atoms with van der Waals surface area (Å²) in [5, 5.41) is 0.877. The Balaban J connectivity index is 1.63. The first-order valence-corrected chi connectivity index (χ1v) is 8.54. The molecule has 126 valence electrons. The molecule has 5 heteroatoms. The standard InChI is InChI=1S/C19H22N2O3/c22-17(21-12-4-2-1-3-5-13-21)14-24-19(23)16-10-6-8-15-9-7-11-20-18(15)16/h6-11H,1-5,12-14H2. The summed E-state index contributed by atoms with van der Waals surface area (Å²) in [5.74, 6) is -0.613. The zero-order chi connectivity index (χ0) is 16.8. The van der Waals surface area contributed by atoms with E-state index in [1.807, 2.05) is 23.1 Å². The summed E-state index contributed by atoms with van der Waals surface area (Å²) in [6.45, 7) is 1.31. The fraction of sp³-hybridized carbons (Fsp3) is 0.421. The van der Waals surface area contributed by atoms with Gasteiger partial charge < -0.3 is 9.64 Å². The smallest absolute Gasteiger partial charge is 0.340 e. The van der Waals surface area contributed by atoms with E-state index in [4.69, 9.17) is 4.74 Å². The van der Waals surface area contributed by atoms with Crippen LogP contribution in [-0.4, -0.2) is 41.5 Å². The van der Waals surface area contributed by atoms with Crippen LogP contribution in [0.4, 0.5) is 0 Å². The number of carbonyl (C=O) groups is 2. The van der Waals surface area contributed by atoms with Crippen LogP contribution in [0.25, 0.3) is 10.9 Å². The summed E-state index contributed by atoms with van der Waals surface area (Å²) in [6.07, 6.45) is 7.24. The Morgan fingerprint density at radius 2 is 1.71 bits per heavy atom. The number of likely N-dealkylation sites (tertiary alicyclic amines) is 1. The van der Waals surface area contributed by atoms with Crippen LogP contribution in [0.1, 0.15) is 42.5 Å². The average molecular weight is 326 g/mol. The van der Waals surface area contributed by atoms with E-state index >= 15 is 0 Å². The first-order valence-electron chi connectivity index (χ1n) is 8.54. The molecule has 1 saturated heterocycles. The highest BCUT2D eigenvalue weighted by Crippen LogP contribution is 2.17. The van der Waals surface area contributed by atoms with Gasteiger partial charge >= 0.3 is 5.97 Å². The molecule has 1 amide bonds. The molecule has 0 saturated carbocycles. The number of aromatic nitrogens is 1. The molecule has 3 rings (SSSR count). The lowest BCUT2D eigenvalue weighted by Crippen LogP contribution is -2.36. The first kappa shape index (κ1) is 16.4. The van der Waals surface area contributed by atoms with Crippen LogP contribution in [0, 0.1) is 0 Å². The summed E-state index contributed by atoms with van der Waals surface area (Å²) < 4.78 is 5.25. The second kappa shape index (κ2) is 7.90. The molecule has 1 aromatic carbocycles. The lowest BCUT2D eigenvalue weighted by Gasteiger charge is -2.24. The molecule has 1 aromatic heterocycles. The molecule has 0 radical (unpaired) electrons. The lowest BCUT2D eigenvalue weighted by atomic mass is 10.1. The van der Waals surface area contributed by atoms with E-state index in [1.165, 1.54) is 6.42 Å². The second-order valence-electron chi connectivity index (χ2n) is 6.11. The van der Waals surface area contributed by atoms with Crippen molar-refractivity contribution in [3.05, 3.63) is 42.1 Å². The number of benzene rings is 1. The summed E-state index contributed by atoms with van der Waals surface area (Å²) in [7, 11) is 0. The molecule has 24 heavy (non-hydrogen) atoms. The maximum Gasteiger partial charge on any atom is 0.340 e. The molecule has 5 nitrogen and oxygen atoms in total. The van der Waals surface area contributed by atoms with Gasteiger partial charge in [0, 0.05) is 24.7 Å². The molecule has 1 aliphatic rings. The monoisotopic (exact) mass is 326 g/mol. The van der Waals surface area contributed by atoms with Crippen molar-refractivity contribution >= 4 is 22.8 Å². The second-order valence-corrected chi connectivity index (χ2v) is 6.11. The Labute approximate surface area is 141 Å². The number of nitrogens with zero attached hydrogens (tertiary/aromatic N) is 2. The maximum absolute atomic E-state index is 12.3. The third kappa shape index (κ3) is 3.91. The lowest BCUT2D eigenvalue weighted by molar-refractivity contribution is -0.134. The Morgan fingerprint density at radius 3 is 2.50 bits per heavy atom. The number of para-hydroxylation sites is 1. The van der Waals surface area contributed by atoms with Crippen LogP contribution in [0.2, 0.25) is 0 Å². The van der Waals surface area contributed by atoms with Crippen molar-refractivity contribution in [2.45, 2.75) is 32.1 Å². The van der Waals surface area contributed by atoms with E-state index < -0.39 is 5.97 Å². The van der Waals surface area contributed by atoms with E-state index in [1.54, 1.807) is 18.3 Å². The first-order chi connectivity index (χ1) is 11.8. The Bertz CT molecular complexity index is 716. The van der Waals surface area contributed by atoms with Crippen LogP contribution >= 0.6 is 0 Å². The third-order valence-corrected chi connectivity index (χ3v) is 4.39. The topological polar surface area (TPSA) is 59.5 Å². The van der Waals surface area contributed by atoms with Crippen molar-refractivity contribution in [1.29, 1.82) is 0 Å². The summed E-state index contributed by atoms with van der Waals surface area (Å²) >= 11 is 0. The number of fused-ring (bicyclic) bond motifs is 1. The average Bonchev–Trinajstić information content (AvgIpc) is 2.58. The molecule has 1 fully saturated rings. The van der Waals surface area contributed by atoms with Gasteiger partial charge in [0.05, 0.1) is 11.1 Å². The molecule has 2 aromatic rings. The SMILES string of the molecule is O=C(OCC(=O)N1CCCCCCC1)c1cccc2cccnc12. The molecule has 1 aliphatic heterocycles. The number of rotatable bonds is 3. The number of amides is 1. The van der Waals surface area contributed by atoms with Gasteiger partial charge in [-0.3, -0.25) is 9.78 Å². The van der Waals surface area contributed by atoms with Gasteiger partial charge in [0.25, 0.3) is 5.91 Å². The van der Waals surface area contributed by atoms with Crippen molar-refractivity contribution < 1.29 is 14.3 Å². The summed E-state index contributed by atoms with van der Waals surface area (Å²) in [4.78, 5) is 30.7. The fourth-order valence-electron chi connectivity index (χ4n) is 3.06. The van der Waals surface area contributed by atoms with Crippen LogP contribution in [0.3, 0.4) is 0 Å². The molecular weight excluding hydrogens is 304 g/mol. The molecule has 0 atom stereocenters. The van der Waals surface area contributed by atoms with Crippen molar-refractivity contribution in [3.8, 4) is 0 Å². The normalized spacial score (nSPS) is 15.6. The highest BCUT2D eigenvalue weighted by molar-refractivity contribution is 6.03. The molecule has 2 heterocycles. The predicted molar refractivity (Wildman–Crippen MR) is 91.7 cm³/mol. The molecule has 0 aliphatic carbocycles.